The molecular formula is C13H15FN4O. The molecule has 1 N–H and O–H groups in total. The molecule has 6 heteroatoms. The Balaban J connectivity index is 2.05. The fraction of sp³-hybridized carbons (Fsp3) is 0.385. The molecule has 1 atom stereocenters. The van der Waals surface area contributed by atoms with Gasteiger partial charge in [-0.3, -0.25) is 0 Å². The summed E-state index contributed by atoms with van der Waals surface area (Å²) in [6, 6.07) is 5.00. The lowest BCUT2D eigenvalue weighted by Crippen LogP contribution is -2.32. The van der Waals surface area contributed by atoms with Crippen LogP contribution in [0.2, 0.25) is 0 Å². The summed E-state index contributed by atoms with van der Waals surface area (Å²) in [6.07, 6.45) is 0. The number of halogens is 1. The Kier molecular flexibility index (Phi) is 2.94. The molecule has 19 heavy (non-hydrogen) atoms. The van der Waals surface area contributed by atoms with Crippen molar-refractivity contribution in [1.29, 1.82) is 0 Å². The van der Waals surface area contributed by atoms with E-state index in [1.54, 1.807) is 12.1 Å². The molecule has 2 aromatic rings. The van der Waals surface area contributed by atoms with E-state index in [4.69, 9.17) is 4.74 Å². The van der Waals surface area contributed by atoms with Gasteiger partial charge in [0.05, 0.1) is 13.2 Å². The first-order valence-corrected chi connectivity index (χ1v) is 6.21. The molecule has 1 aliphatic heterocycles. The normalized spacial score (nSPS) is 18.2. The summed E-state index contributed by atoms with van der Waals surface area (Å²) in [5.74, 6) is 1.43. The minimum Gasteiger partial charge on any atom is -0.494 e. The Bertz CT molecular complexity index is 611. The van der Waals surface area contributed by atoms with Crippen molar-refractivity contribution in [3.63, 3.8) is 0 Å². The van der Waals surface area contributed by atoms with Gasteiger partial charge in [-0.1, -0.05) is 0 Å². The van der Waals surface area contributed by atoms with Crippen LogP contribution in [0.15, 0.2) is 18.2 Å². The van der Waals surface area contributed by atoms with Gasteiger partial charge in [-0.2, -0.15) is 0 Å². The van der Waals surface area contributed by atoms with Crippen LogP contribution < -0.4 is 10.1 Å². The monoisotopic (exact) mass is 262 g/mol. The van der Waals surface area contributed by atoms with Crippen LogP contribution in [0.4, 0.5) is 4.39 Å². The van der Waals surface area contributed by atoms with Gasteiger partial charge < -0.3 is 14.6 Å². The van der Waals surface area contributed by atoms with Crippen molar-refractivity contribution < 1.29 is 9.13 Å². The molecule has 0 bridgehead atoms. The number of methoxy groups -OCH3 is 1. The van der Waals surface area contributed by atoms with Crippen molar-refractivity contribution in [3.8, 4) is 17.1 Å². The summed E-state index contributed by atoms with van der Waals surface area (Å²) in [4.78, 5) is 0. The van der Waals surface area contributed by atoms with Crippen LogP contribution in [0.3, 0.4) is 0 Å². The minimum absolute atomic E-state index is 0.165. The first-order chi connectivity index (χ1) is 9.20. The summed E-state index contributed by atoms with van der Waals surface area (Å²) < 4.78 is 20.7. The van der Waals surface area contributed by atoms with Crippen molar-refractivity contribution in [2.75, 3.05) is 13.7 Å². The van der Waals surface area contributed by atoms with Crippen LogP contribution >= 0.6 is 0 Å². The Labute approximate surface area is 110 Å². The fourth-order valence-electron chi connectivity index (χ4n) is 2.36. The van der Waals surface area contributed by atoms with Gasteiger partial charge in [-0.15, -0.1) is 10.2 Å². The van der Waals surface area contributed by atoms with E-state index < -0.39 is 0 Å². The van der Waals surface area contributed by atoms with Crippen LogP contribution in [0.25, 0.3) is 11.4 Å². The van der Waals surface area contributed by atoms with E-state index in [0.717, 1.165) is 18.9 Å². The number of hydrogen-bond acceptors (Lipinski definition) is 4. The number of benzene rings is 1. The molecule has 2 heterocycles. The second kappa shape index (κ2) is 4.62. The van der Waals surface area contributed by atoms with Gasteiger partial charge in [0.15, 0.2) is 17.4 Å². The van der Waals surface area contributed by atoms with Crippen molar-refractivity contribution >= 4 is 0 Å². The third kappa shape index (κ3) is 1.98. The molecule has 0 spiro atoms. The Morgan fingerprint density at radius 3 is 3.00 bits per heavy atom. The molecule has 0 amide bonds. The second-order valence-corrected chi connectivity index (χ2v) is 4.56. The van der Waals surface area contributed by atoms with E-state index in [9.17, 15) is 4.39 Å². The van der Waals surface area contributed by atoms with E-state index in [-0.39, 0.29) is 17.6 Å². The maximum Gasteiger partial charge on any atom is 0.165 e. The molecule has 3 rings (SSSR count). The lowest BCUT2D eigenvalue weighted by molar-refractivity contribution is 0.386. The van der Waals surface area contributed by atoms with Crippen LogP contribution in [-0.2, 0) is 6.54 Å². The highest BCUT2D eigenvalue weighted by molar-refractivity contribution is 5.57. The van der Waals surface area contributed by atoms with Crippen LogP contribution in [0.5, 0.6) is 5.75 Å². The highest BCUT2D eigenvalue weighted by atomic mass is 19.1. The van der Waals surface area contributed by atoms with Crippen molar-refractivity contribution in [2.24, 2.45) is 0 Å². The van der Waals surface area contributed by atoms with Gasteiger partial charge in [-0.25, -0.2) is 4.39 Å². The molecule has 1 aromatic heterocycles. The van der Waals surface area contributed by atoms with Crippen LogP contribution in [0, 0.1) is 5.82 Å². The molecule has 5 nitrogen and oxygen atoms in total. The average Bonchev–Trinajstić information content (AvgIpc) is 2.84. The second-order valence-electron chi connectivity index (χ2n) is 4.56. The first kappa shape index (κ1) is 12.1. The van der Waals surface area contributed by atoms with E-state index in [1.165, 1.54) is 13.2 Å². The number of fused-ring (bicyclic) bond motifs is 1. The van der Waals surface area contributed by atoms with Gasteiger partial charge in [0.2, 0.25) is 0 Å². The summed E-state index contributed by atoms with van der Waals surface area (Å²) in [6.45, 7) is 3.69. The number of aromatic nitrogens is 3. The number of nitrogens with zero attached hydrogens (tertiary/aromatic N) is 3. The highest BCUT2D eigenvalue weighted by Gasteiger charge is 2.22. The molecule has 1 aliphatic rings. The van der Waals surface area contributed by atoms with Crippen molar-refractivity contribution in [3.05, 3.63) is 29.8 Å². The highest BCUT2D eigenvalue weighted by Crippen LogP contribution is 2.27. The minimum atomic E-state index is -0.390. The molecule has 0 saturated heterocycles. The Morgan fingerprint density at radius 2 is 2.26 bits per heavy atom. The lowest BCUT2D eigenvalue weighted by Gasteiger charge is -2.21. The Morgan fingerprint density at radius 1 is 1.42 bits per heavy atom. The smallest absolute Gasteiger partial charge is 0.165 e. The molecule has 0 saturated carbocycles. The molecule has 0 radical (unpaired) electrons. The molecular weight excluding hydrogens is 247 g/mol. The van der Waals surface area contributed by atoms with Crippen LogP contribution in [0.1, 0.15) is 18.8 Å². The topological polar surface area (TPSA) is 52.0 Å². The van der Waals surface area contributed by atoms with Gasteiger partial charge in [0.1, 0.15) is 5.82 Å². The molecule has 100 valence electrons. The van der Waals surface area contributed by atoms with Gasteiger partial charge in [0, 0.05) is 18.7 Å². The number of nitrogens with one attached hydrogen (secondary N) is 1. The van der Waals surface area contributed by atoms with Crippen LogP contribution in [-0.4, -0.2) is 28.4 Å². The quantitative estimate of drug-likeness (QED) is 0.896. The molecule has 1 aromatic carbocycles. The van der Waals surface area contributed by atoms with E-state index in [2.05, 4.69) is 15.5 Å². The number of rotatable bonds is 2. The van der Waals surface area contributed by atoms with E-state index in [0.29, 0.717) is 11.4 Å². The zero-order valence-electron chi connectivity index (χ0n) is 10.9. The predicted octanol–water partition coefficient (Wildman–Crippen LogP) is 1.76. The molecule has 0 aliphatic carbocycles. The number of hydrogen-bond donors (Lipinski definition) is 1. The summed E-state index contributed by atoms with van der Waals surface area (Å²) in [5.41, 5.74) is 0.714. The third-order valence-electron chi connectivity index (χ3n) is 3.36. The summed E-state index contributed by atoms with van der Waals surface area (Å²) >= 11 is 0. The zero-order chi connectivity index (χ0) is 13.4. The van der Waals surface area contributed by atoms with E-state index >= 15 is 0 Å². The maximum atomic E-state index is 13.8. The standard InChI is InChI=1S/C13H15FN4O/c1-8-12-16-17-13(18(12)6-5-15-8)9-3-4-11(19-2)10(14)7-9/h3-4,7-8,15H,5-6H2,1-2H3. The number of ether oxygens (including phenoxy) is 1. The Hall–Kier alpha value is -1.95. The lowest BCUT2D eigenvalue weighted by atomic mass is 10.2. The predicted molar refractivity (Wildman–Crippen MR) is 68.4 cm³/mol. The molecule has 1 unspecified atom stereocenters. The van der Waals surface area contributed by atoms with Crippen molar-refractivity contribution in [1.82, 2.24) is 20.1 Å². The van der Waals surface area contributed by atoms with E-state index in [1.807, 2.05) is 11.5 Å². The van der Waals surface area contributed by atoms with Gasteiger partial charge in [0.25, 0.3) is 0 Å². The molecule has 0 fully saturated rings. The average molecular weight is 262 g/mol. The van der Waals surface area contributed by atoms with Gasteiger partial charge in [-0.05, 0) is 25.1 Å². The largest absolute Gasteiger partial charge is 0.494 e. The van der Waals surface area contributed by atoms with Gasteiger partial charge >= 0.3 is 0 Å². The van der Waals surface area contributed by atoms with Crippen molar-refractivity contribution in [2.45, 2.75) is 19.5 Å². The fourth-order valence-corrected chi connectivity index (χ4v) is 2.36. The summed E-state index contributed by atoms with van der Waals surface area (Å²) in [5, 5.41) is 11.7. The first-order valence-electron chi connectivity index (χ1n) is 6.21. The SMILES string of the molecule is COc1ccc(-c2nnc3n2CCNC3C)cc1F. The third-order valence-corrected chi connectivity index (χ3v) is 3.36. The zero-order valence-corrected chi connectivity index (χ0v) is 10.9. The summed E-state index contributed by atoms with van der Waals surface area (Å²) in [7, 11) is 1.45. The maximum absolute atomic E-state index is 13.8.